The zero-order chi connectivity index (χ0) is 9.80. The molecule has 2 rings (SSSR count). The van der Waals surface area contributed by atoms with E-state index in [-0.39, 0.29) is 6.10 Å². The highest BCUT2D eigenvalue weighted by molar-refractivity contribution is 4.81. The van der Waals surface area contributed by atoms with Gasteiger partial charge in [0.15, 0.2) is 0 Å². The summed E-state index contributed by atoms with van der Waals surface area (Å²) in [5, 5.41) is 13.3. The predicted molar refractivity (Wildman–Crippen MR) is 58.2 cm³/mol. The van der Waals surface area contributed by atoms with E-state index >= 15 is 0 Å². The number of nitrogens with one attached hydrogen (secondary N) is 1. The lowest BCUT2D eigenvalue weighted by molar-refractivity contribution is 0.0895. The topological polar surface area (TPSA) is 32.3 Å². The lowest BCUT2D eigenvalue weighted by atomic mass is 9.83. The molecule has 0 saturated heterocycles. The summed E-state index contributed by atoms with van der Waals surface area (Å²) in [7, 11) is 0. The number of aliphatic hydroxyl groups is 1. The lowest BCUT2D eigenvalue weighted by Crippen LogP contribution is -2.42. The first-order valence-electron chi connectivity index (χ1n) is 6.28. The van der Waals surface area contributed by atoms with Crippen molar-refractivity contribution in [2.75, 3.05) is 6.54 Å². The van der Waals surface area contributed by atoms with Crippen molar-refractivity contribution in [3.05, 3.63) is 0 Å². The van der Waals surface area contributed by atoms with Crippen molar-refractivity contribution < 1.29 is 5.11 Å². The van der Waals surface area contributed by atoms with E-state index in [1.165, 1.54) is 44.9 Å². The number of aliphatic hydroxyl groups excluding tert-OH is 1. The van der Waals surface area contributed by atoms with Gasteiger partial charge in [0.25, 0.3) is 0 Å². The van der Waals surface area contributed by atoms with Crippen molar-refractivity contribution in [1.29, 1.82) is 0 Å². The second kappa shape index (κ2) is 5.13. The fraction of sp³-hybridized carbons (Fsp3) is 1.00. The van der Waals surface area contributed by atoms with Gasteiger partial charge < -0.3 is 10.4 Å². The lowest BCUT2D eigenvalue weighted by Gasteiger charge is -2.30. The molecule has 0 spiro atoms. The Morgan fingerprint density at radius 2 is 1.79 bits per heavy atom. The molecule has 14 heavy (non-hydrogen) atoms. The fourth-order valence-corrected chi connectivity index (χ4v) is 2.60. The van der Waals surface area contributed by atoms with Gasteiger partial charge in [0.2, 0.25) is 0 Å². The van der Waals surface area contributed by atoms with Gasteiger partial charge in [0.1, 0.15) is 0 Å². The Labute approximate surface area is 87.1 Å². The van der Waals surface area contributed by atoms with Crippen LogP contribution in [0, 0.1) is 5.92 Å². The molecule has 0 unspecified atom stereocenters. The quantitative estimate of drug-likeness (QED) is 0.723. The minimum Gasteiger partial charge on any atom is -0.392 e. The smallest absolute Gasteiger partial charge is 0.0693 e. The van der Waals surface area contributed by atoms with Crippen LogP contribution in [0.5, 0.6) is 0 Å². The summed E-state index contributed by atoms with van der Waals surface area (Å²) in [4.78, 5) is 0. The standard InChI is InChI=1S/C12H23NO/c14-12-7-2-1-6-11(12)13-9-8-10-4-3-5-10/h10-14H,1-9H2/t11-,12-/m0/s1. The summed E-state index contributed by atoms with van der Waals surface area (Å²) >= 11 is 0. The minimum absolute atomic E-state index is 0.0786. The Morgan fingerprint density at radius 1 is 1.00 bits per heavy atom. The van der Waals surface area contributed by atoms with Gasteiger partial charge in [0.05, 0.1) is 6.10 Å². The van der Waals surface area contributed by atoms with E-state index in [1.807, 2.05) is 0 Å². The van der Waals surface area contributed by atoms with Gasteiger partial charge in [-0.15, -0.1) is 0 Å². The van der Waals surface area contributed by atoms with E-state index in [0.29, 0.717) is 6.04 Å². The summed E-state index contributed by atoms with van der Waals surface area (Å²) in [6.07, 6.45) is 10.2. The second-order valence-corrected chi connectivity index (χ2v) is 5.00. The maximum Gasteiger partial charge on any atom is 0.0693 e. The monoisotopic (exact) mass is 197 g/mol. The van der Waals surface area contributed by atoms with Crippen molar-refractivity contribution in [2.24, 2.45) is 5.92 Å². The van der Waals surface area contributed by atoms with Crippen molar-refractivity contribution in [2.45, 2.75) is 63.5 Å². The van der Waals surface area contributed by atoms with Gasteiger partial charge >= 0.3 is 0 Å². The third-order valence-electron chi connectivity index (χ3n) is 3.91. The summed E-state index contributed by atoms with van der Waals surface area (Å²) in [6, 6.07) is 0.392. The van der Waals surface area contributed by atoms with Gasteiger partial charge in [-0.05, 0) is 31.7 Å². The molecule has 0 aromatic rings. The average molecular weight is 197 g/mol. The second-order valence-electron chi connectivity index (χ2n) is 5.00. The summed E-state index contributed by atoms with van der Waals surface area (Å²) in [5.41, 5.74) is 0. The van der Waals surface area contributed by atoms with E-state index in [2.05, 4.69) is 5.32 Å². The summed E-state index contributed by atoms with van der Waals surface area (Å²) < 4.78 is 0. The first kappa shape index (κ1) is 10.4. The van der Waals surface area contributed by atoms with Crippen LogP contribution < -0.4 is 5.32 Å². The zero-order valence-electron chi connectivity index (χ0n) is 9.04. The number of hydrogen-bond acceptors (Lipinski definition) is 2. The van der Waals surface area contributed by atoms with E-state index in [1.54, 1.807) is 0 Å². The van der Waals surface area contributed by atoms with Gasteiger partial charge in [-0.25, -0.2) is 0 Å². The molecule has 2 heteroatoms. The molecule has 0 bridgehead atoms. The summed E-state index contributed by atoms with van der Waals surface area (Å²) in [5.74, 6) is 0.989. The molecule has 82 valence electrons. The Morgan fingerprint density at radius 3 is 2.43 bits per heavy atom. The molecule has 0 amide bonds. The molecule has 2 nitrogen and oxygen atoms in total. The van der Waals surface area contributed by atoms with Gasteiger partial charge in [-0.1, -0.05) is 32.1 Å². The Balaban J connectivity index is 1.58. The molecule has 2 aliphatic carbocycles. The van der Waals surface area contributed by atoms with E-state index in [9.17, 15) is 5.11 Å². The van der Waals surface area contributed by atoms with Crippen LogP contribution in [0.25, 0.3) is 0 Å². The van der Waals surface area contributed by atoms with Crippen LogP contribution in [0.1, 0.15) is 51.4 Å². The molecule has 0 heterocycles. The van der Waals surface area contributed by atoms with Crippen LogP contribution in [0.15, 0.2) is 0 Å². The highest BCUT2D eigenvalue weighted by Gasteiger charge is 2.23. The van der Waals surface area contributed by atoms with Crippen LogP contribution in [0.4, 0.5) is 0 Å². The highest BCUT2D eigenvalue weighted by atomic mass is 16.3. The SMILES string of the molecule is O[C@H]1CCCC[C@@H]1NCCC1CCC1. The third-order valence-corrected chi connectivity index (χ3v) is 3.91. The third kappa shape index (κ3) is 2.71. The van der Waals surface area contributed by atoms with Crippen LogP contribution in [-0.2, 0) is 0 Å². The Bertz CT molecular complexity index is 168. The van der Waals surface area contributed by atoms with Crippen LogP contribution in [0.3, 0.4) is 0 Å². The van der Waals surface area contributed by atoms with Crippen LogP contribution in [0.2, 0.25) is 0 Å². The van der Waals surface area contributed by atoms with Crippen molar-refractivity contribution in [3.63, 3.8) is 0 Å². The highest BCUT2D eigenvalue weighted by Crippen LogP contribution is 2.29. The van der Waals surface area contributed by atoms with E-state index < -0.39 is 0 Å². The van der Waals surface area contributed by atoms with Crippen molar-refractivity contribution in [3.8, 4) is 0 Å². The van der Waals surface area contributed by atoms with Gasteiger partial charge in [-0.3, -0.25) is 0 Å². The molecular formula is C12H23NO. The molecule has 2 aliphatic rings. The summed E-state index contributed by atoms with van der Waals surface area (Å²) in [6.45, 7) is 1.12. The molecule has 2 saturated carbocycles. The number of rotatable bonds is 4. The average Bonchev–Trinajstić information content (AvgIpc) is 2.12. The molecule has 2 atom stereocenters. The molecule has 0 radical (unpaired) electrons. The molecule has 2 N–H and O–H groups in total. The molecular weight excluding hydrogens is 174 g/mol. The van der Waals surface area contributed by atoms with Gasteiger partial charge in [0, 0.05) is 6.04 Å². The van der Waals surface area contributed by atoms with E-state index in [4.69, 9.17) is 0 Å². The van der Waals surface area contributed by atoms with Crippen LogP contribution in [-0.4, -0.2) is 23.8 Å². The number of hydrogen-bond donors (Lipinski definition) is 2. The predicted octanol–water partition coefficient (Wildman–Crippen LogP) is 2.07. The normalized spacial score (nSPS) is 34.1. The molecule has 2 fully saturated rings. The maximum absolute atomic E-state index is 9.74. The molecule has 0 aromatic heterocycles. The zero-order valence-corrected chi connectivity index (χ0v) is 9.04. The Hall–Kier alpha value is -0.0800. The van der Waals surface area contributed by atoms with E-state index in [0.717, 1.165) is 18.9 Å². The van der Waals surface area contributed by atoms with Gasteiger partial charge in [-0.2, -0.15) is 0 Å². The minimum atomic E-state index is -0.0786. The molecule has 0 aromatic carbocycles. The maximum atomic E-state index is 9.74. The Kier molecular flexibility index (Phi) is 3.82. The van der Waals surface area contributed by atoms with Crippen molar-refractivity contribution in [1.82, 2.24) is 5.32 Å². The fourth-order valence-electron chi connectivity index (χ4n) is 2.60. The van der Waals surface area contributed by atoms with Crippen molar-refractivity contribution >= 4 is 0 Å². The largest absolute Gasteiger partial charge is 0.392 e. The first-order chi connectivity index (χ1) is 6.86. The first-order valence-corrected chi connectivity index (χ1v) is 6.28. The molecule has 0 aliphatic heterocycles. The van der Waals surface area contributed by atoms with Crippen LogP contribution >= 0.6 is 0 Å².